The van der Waals surface area contributed by atoms with Gasteiger partial charge in [-0.3, -0.25) is 4.57 Å². The van der Waals surface area contributed by atoms with Gasteiger partial charge in [-0.15, -0.1) is 0 Å². The number of nitrogens with zero attached hydrogens (tertiary/aromatic N) is 2. The number of hydrogen-bond acceptors (Lipinski definition) is 5. The molecule has 1 fully saturated rings. The van der Waals surface area contributed by atoms with E-state index >= 15 is 0 Å². The Morgan fingerprint density at radius 1 is 1.40 bits per heavy atom. The molecular formula is C14H16N2O3S. The van der Waals surface area contributed by atoms with Crippen molar-refractivity contribution in [2.45, 2.75) is 26.9 Å². The van der Waals surface area contributed by atoms with Gasteiger partial charge in [-0.1, -0.05) is 5.16 Å². The van der Waals surface area contributed by atoms with Gasteiger partial charge in [0, 0.05) is 29.0 Å². The van der Waals surface area contributed by atoms with Crippen molar-refractivity contribution in [3.05, 3.63) is 34.8 Å². The van der Waals surface area contributed by atoms with Crippen molar-refractivity contribution in [3.63, 3.8) is 0 Å². The van der Waals surface area contributed by atoms with E-state index in [-0.39, 0.29) is 12.1 Å². The van der Waals surface area contributed by atoms with Crippen LogP contribution in [0.1, 0.15) is 27.5 Å². The minimum atomic E-state index is -0.255. The fourth-order valence-corrected chi connectivity index (χ4v) is 2.84. The topological polar surface area (TPSA) is 57.3 Å². The quantitative estimate of drug-likeness (QED) is 0.814. The number of thioether (sulfide) groups is 1. The Kier molecular flexibility index (Phi) is 3.33. The lowest BCUT2D eigenvalue weighted by atomic mass is 10.2. The van der Waals surface area contributed by atoms with Gasteiger partial charge in [0.1, 0.15) is 11.9 Å². The van der Waals surface area contributed by atoms with Gasteiger partial charge in [0.25, 0.3) is 0 Å². The van der Waals surface area contributed by atoms with Crippen LogP contribution >= 0.6 is 11.8 Å². The number of esters is 1. The van der Waals surface area contributed by atoms with Crippen LogP contribution in [0.15, 0.2) is 16.7 Å². The minimum Gasteiger partial charge on any atom is -0.457 e. The van der Waals surface area contributed by atoms with Crippen LogP contribution in [-0.4, -0.2) is 33.3 Å². The Labute approximate surface area is 121 Å². The summed E-state index contributed by atoms with van der Waals surface area (Å²) in [5.41, 5.74) is 2.36. The second-order valence-electron chi connectivity index (χ2n) is 4.98. The van der Waals surface area contributed by atoms with Crippen LogP contribution in [0.5, 0.6) is 0 Å². The van der Waals surface area contributed by atoms with Crippen molar-refractivity contribution >= 4 is 17.7 Å². The molecule has 0 radical (unpaired) electrons. The lowest BCUT2D eigenvalue weighted by Gasteiger charge is -2.24. The Bertz CT molecular complexity index is 655. The van der Waals surface area contributed by atoms with Gasteiger partial charge in [-0.05, 0) is 26.8 Å². The summed E-state index contributed by atoms with van der Waals surface area (Å²) in [7, 11) is 0. The molecule has 2 aromatic heterocycles. The highest BCUT2D eigenvalue weighted by Gasteiger charge is 2.26. The number of carbonyl (C=O) groups is 1. The Balaban J connectivity index is 1.91. The molecule has 0 aromatic carbocycles. The standard InChI is InChI=1S/C14H16N2O3S/c1-8-4-12(14(17)18-11-6-20-7-11)10(3)16(8)13-5-9(2)19-15-13/h4-5,11H,6-7H2,1-3H3. The number of carbonyl (C=O) groups excluding carboxylic acids is 1. The number of rotatable bonds is 3. The van der Waals surface area contributed by atoms with Crippen molar-refractivity contribution < 1.29 is 14.1 Å². The van der Waals surface area contributed by atoms with E-state index in [0.29, 0.717) is 11.4 Å². The van der Waals surface area contributed by atoms with Gasteiger partial charge in [0.05, 0.1) is 5.56 Å². The number of ether oxygens (including phenoxy) is 1. The predicted molar refractivity (Wildman–Crippen MR) is 76.6 cm³/mol. The molecule has 6 heteroatoms. The van der Waals surface area contributed by atoms with E-state index in [1.807, 2.05) is 37.5 Å². The molecule has 0 N–H and O–H groups in total. The summed E-state index contributed by atoms with van der Waals surface area (Å²) in [6.07, 6.45) is 0.0600. The van der Waals surface area contributed by atoms with E-state index in [4.69, 9.17) is 9.26 Å². The average molecular weight is 292 g/mol. The van der Waals surface area contributed by atoms with E-state index in [2.05, 4.69) is 5.16 Å². The third-order valence-electron chi connectivity index (χ3n) is 3.38. The molecule has 5 nitrogen and oxygen atoms in total. The second-order valence-corrected chi connectivity index (χ2v) is 6.06. The maximum Gasteiger partial charge on any atom is 0.340 e. The van der Waals surface area contributed by atoms with E-state index in [1.165, 1.54) is 0 Å². The Morgan fingerprint density at radius 2 is 2.15 bits per heavy atom. The van der Waals surface area contributed by atoms with E-state index < -0.39 is 0 Å². The lowest BCUT2D eigenvalue weighted by molar-refractivity contribution is 0.0374. The number of hydrogen-bond donors (Lipinski definition) is 0. The molecule has 0 unspecified atom stereocenters. The van der Waals surface area contributed by atoms with E-state index in [1.54, 1.807) is 11.8 Å². The van der Waals surface area contributed by atoms with Crippen LogP contribution in [0, 0.1) is 20.8 Å². The van der Waals surface area contributed by atoms with Gasteiger partial charge in [-0.2, -0.15) is 11.8 Å². The monoisotopic (exact) mass is 292 g/mol. The van der Waals surface area contributed by atoms with Crippen LogP contribution in [-0.2, 0) is 4.74 Å². The smallest absolute Gasteiger partial charge is 0.340 e. The molecule has 0 aliphatic carbocycles. The van der Waals surface area contributed by atoms with Crippen molar-refractivity contribution in [2.75, 3.05) is 11.5 Å². The molecule has 3 heterocycles. The van der Waals surface area contributed by atoms with Crippen LogP contribution in [0.25, 0.3) is 5.82 Å². The summed E-state index contributed by atoms with van der Waals surface area (Å²) < 4.78 is 12.5. The molecule has 0 spiro atoms. The van der Waals surface area contributed by atoms with Gasteiger partial charge in [-0.25, -0.2) is 4.79 Å². The van der Waals surface area contributed by atoms with Crippen LogP contribution < -0.4 is 0 Å². The maximum absolute atomic E-state index is 12.2. The largest absolute Gasteiger partial charge is 0.457 e. The van der Waals surface area contributed by atoms with Crippen molar-refractivity contribution in [1.82, 2.24) is 9.72 Å². The first kappa shape index (κ1) is 13.3. The molecule has 106 valence electrons. The van der Waals surface area contributed by atoms with Crippen LogP contribution in [0.2, 0.25) is 0 Å². The zero-order chi connectivity index (χ0) is 14.3. The first-order valence-corrected chi connectivity index (χ1v) is 7.63. The summed E-state index contributed by atoms with van der Waals surface area (Å²) in [6.45, 7) is 5.67. The molecule has 3 rings (SSSR count). The summed E-state index contributed by atoms with van der Waals surface area (Å²) in [5.74, 6) is 2.97. The van der Waals surface area contributed by atoms with Gasteiger partial charge < -0.3 is 9.26 Å². The molecule has 20 heavy (non-hydrogen) atoms. The highest BCUT2D eigenvalue weighted by atomic mass is 32.2. The molecule has 0 saturated carbocycles. The van der Waals surface area contributed by atoms with Gasteiger partial charge >= 0.3 is 5.97 Å². The van der Waals surface area contributed by atoms with Crippen molar-refractivity contribution in [2.24, 2.45) is 0 Å². The zero-order valence-electron chi connectivity index (χ0n) is 11.7. The molecule has 2 aromatic rings. The fraction of sp³-hybridized carbons (Fsp3) is 0.429. The molecule has 0 amide bonds. The maximum atomic E-state index is 12.2. The molecule has 1 aliphatic heterocycles. The van der Waals surface area contributed by atoms with Gasteiger partial charge in [0.15, 0.2) is 5.82 Å². The third-order valence-corrected chi connectivity index (χ3v) is 4.59. The first-order valence-electron chi connectivity index (χ1n) is 6.47. The van der Waals surface area contributed by atoms with E-state index in [0.717, 1.165) is 28.7 Å². The van der Waals surface area contributed by atoms with Crippen molar-refractivity contribution in [1.29, 1.82) is 0 Å². The summed E-state index contributed by atoms with van der Waals surface area (Å²) in [4.78, 5) is 12.2. The molecule has 1 aliphatic rings. The zero-order valence-corrected chi connectivity index (χ0v) is 12.5. The molecule has 0 bridgehead atoms. The predicted octanol–water partition coefficient (Wildman–Crippen LogP) is 2.66. The highest BCUT2D eigenvalue weighted by molar-refractivity contribution is 8.00. The van der Waals surface area contributed by atoms with Crippen LogP contribution in [0.3, 0.4) is 0 Å². The van der Waals surface area contributed by atoms with Crippen LogP contribution in [0.4, 0.5) is 0 Å². The van der Waals surface area contributed by atoms with Crippen molar-refractivity contribution in [3.8, 4) is 5.82 Å². The average Bonchev–Trinajstić information content (AvgIpc) is 2.88. The summed E-state index contributed by atoms with van der Waals surface area (Å²) in [5, 5.41) is 4.00. The SMILES string of the molecule is Cc1cc(-n2c(C)cc(C(=O)OC3CSC3)c2C)no1. The molecule has 1 saturated heterocycles. The molecule has 0 atom stereocenters. The highest BCUT2D eigenvalue weighted by Crippen LogP contribution is 2.25. The fourth-order valence-electron chi connectivity index (χ4n) is 2.28. The molecular weight excluding hydrogens is 276 g/mol. The second kappa shape index (κ2) is 5.01. The summed E-state index contributed by atoms with van der Waals surface area (Å²) in [6, 6.07) is 3.69. The van der Waals surface area contributed by atoms with Gasteiger partial charge in [0.2, 0.25) is 0 Å². The van der Waals surface area contributed by atoms with E-state index in [9.17, 15) is 4.79 Å². The number of aromatic nitrogens is 2. The Morgan fingerprint density at radius 3 is 2.70 bits per heavy atom. The minimum absolute atomic E-state index is 0.0600. The first-order chi connectivity index (χ1) is 9.56. The Hall–Kier alpha value is -1.69. The normalized spacial score (nSPS) is 15.2. The summed E-state index contributed by atoms with van der Waals surface area (Å²) >= 11 is 1.79. The lowest BCUT2D eigenvalue weighted by Crippen LogP contribution is -2.30. The number of aryl methyl sites for hydroxylation is 2. The third kappa shape index (κ3) is 2.24.